The van der Waals surface area contributed by atoms with Crippen molar-refractivity contribution in [2.45, 2.75) is 17.2 Å². The van der Waals surface area contributed by atoms with Gasteiger partial charge in [-0.2, -0.15) is 4.31 Å². The summed E-state index contributed by atoms with van der Waals surface area (Å²) in [5.74, 6) is 0.648. The van der Waals surface area contributed by atoms with E-state index in [2.05, 4.69) is 0 Å². The number of amides is 1. The van der Waals surface area contributed by atoms with Crippen LogP contribution in [0.5, 0.6) is 11.5 Å². The van der Waals surface area contributed by atoms with Crippen LogP contribution < -0.4 is 9.47 Å². The van der Waals surface area contributed by atoms with E-state index >= 15 is 0 Å². The lowest BCUT2D eigenvalue weighted by Crippen LogP contribution is -2.50. The standard InChI is InChI=1S/C27H30N2O5S/c1-33-23-13-14-25(34-2)26(19-23)35(31,32)29-17-15-28(16-18-29)27(30)20-24(21-9-5-3-6-10-21)22-11-7-4-8-12-22/h3-14,19,24H,15-18,20H2,1-2H3. The Balaban J connectivity index is 1.47. The molecule has 0 saturated carbocycles. The van der Waals surface area contributed by atoms with Crippen molar-refractivity contribution >= 4 is 15.9 Å². The third kappa shape index (κ3) is 5.49. The quantitative estimate of drug-likeness (QED) is 0.477. The number of sulfonamides is 1. The third-order valence-corrected chi connectivity index (χ3v) is 8.28. The van der Waals surface area contributed by atoms with E-state index in [4.69, 9.17) is 9.47 Å². The maximum atomic E-state index is 13.3. The summed E-state index contributed by atoms with van der Waals surface area (Å²) in [4.78, 5) is 15.1. The van der Waals surface area contributed by atoms with Crippen LogP contribution in [0.25, 0.3) is 0 Å². The molecule has 0 aromatic heterocycles. The van der Waals surface area contributed by atoms with Gasteiger partial charge in [0.15, 0.2) is 0 Å². The molecule has 0 radical (unpaired) electrons. The van der Waals surface area contributed by atoms with Crippen molar-refractivity contribution in [3.63, 3.8) is 0 Å². The van der Waals surface area contributed by atoms with Gasteiger partial charge < -0.3 is 14.4 Å². The zero-order chi connectivity index (χ0) is 24.8. The molecular formula is C27H30N2O5S. The van der Waals surface area contributed by atoms with E-state index < -0.39 is 10.0 Å². The number of methoxy groups -OCH3 is 2. The Bertz CT molecular complexity index is 1200. The molecule has 1 fully saturated rings. The number of rotatable bonds is 8. The lowest BCUT2D eigenvalue weighted by atomic mass is 9.88. The van der Waals surface area contributed by atoms with E-state index in [1.165, 1.54) is 24.6 Å². The first-order valence-corrected chi connectivity index (χ1v) is 13.0. The van der Waals surface area contributed by atoms with E-state index in [0.717, 1.165) is 11.1 Å². The molecule has 184 valence electrons. The average Bonchev–Trinajstić information content (AvgIpc) is 2.92. The van der Waals surface area contributed by atoms with Crippen molar-refractivity contribution < 1.29 is 22.7 Å². The molecule has 3 aromatic rings. The summed E-state index contributed by atoms with van der Waals surface area (Å²) in [5.41, 5.74) is 2.16. The summed E-state index contributed by atoms with van der Waals surface area (Å²) in [6, 6.07) is 24.7. The lowest BCUT2D eigenvalue weighted by molar-refractivity contribution is -0.132. The Labute approximate surface area is 206 Å². The lowest BCUT2D eigenvalue weighted by Gasteiger charge is -2.35. The number of ether oxygens (including phenoxy) is 2. The molecule has 3 aromatic carbocycles. The molecule has 8 heteroatoms. The topological polar surface area (TPSA) is 76.2 Å². The summed E-state index contributed by atoms with van der Waals surface area (Å²) in [6.07, 6.45) is 0.324. The first kappa shape index (κ1) is 24.8. The van der Waals surface area contributed by atoms with Crippen molar-refractivity contribution in [2.24, 2.45) is 0 Å². The van der Waals surface area contributed by atoms with Crippen LogP contribution in [0.15, 0.2) is 83.8 Å². The monoisotopic (exact) mass is 494 g/mol. The van der Waals surface area contributed by atoms with Gasteiger partial charge in [0, 0.05) is 44.6 Å². The van der Waals surface area contributed by atoms with E-state index in [-0.39, 0.29) is 35.6 Å². The second-order valence-electron chi connectivity index (χ2n) is 8.38. The molecule has 0 spiro atoms. The van der Waals surface area contributed by atoms with E-state index in [0.29, 0.717) is 25.3 Å². The van der Waals surface area contributed by atoms with Gasteiger partial charge in [-0.25, -0.2) is 8.42 Å². The summed E-state index contributed by atoms with van der Waals surface area (Å²) >= 11 is 0. The van der Waals surface area contributed by atoms with Crippen molar-refractivity contribution in [3.05, 3.63) is 90.0 Å². The number of carbonyl (C=O) groups excluding carboxylic acids is 1. The molecule has 1 heterocycles. The van der Waals surface area contributed by atoms with Crippen LogP contribution in [0, 0.1) is 0 Å². The number of carbonyl (C=O) groups is 1. The molecule has 1 aliphatic heterocycles. The van der Waals surface area contributed by atoms with Crippen LogP contribution in [-0.2, 0) is 14.8 Å². The van der Waals surface area contributed by atoms with E-state index in [9.17, 15) is 13.2 Å². The number of nitrogens with zero attached hydrogens (tertiary/aromatic N) is 2. The molecule has 1 saturated heterocycles. The SMILES string of the molecule is COc1ccc(OC)c(S(=O)(=O)N2CCN(C(=O)CC(c3ccccc3)c3ccccc3)CC2)c1. The molecule has 0 unspecified atom stereocenters. The highest BCUT2D eigenvalue weighted by atomic mass is 32.2. The van der Waals surface area contributed by atoms with Gasteiger partial charge in [0.1, 0.15) is 16.4 Å². The zero-order valence-electron chi connectivity index (χ0n) is 20.0. The zero-order valence-corrected chi connectivity index (χ0v) is 20.8. The van der Waals surface area contributed by atoms with Gasteiger partial charge in [0.2, 0.25) is 15.9 Å². The first-order valence-electron chi connectivity index (χ1n) is 11.5. The Kier molecular flexibility index (Phi) is 7.73. The normalized spacial score (nSPS) is 14.7. The predicted molar refractivity (Wildman–Crippen MR) is 134 cm³/mol. The highest BCUT2D eigenvalue weighted by Gasteiger charge is 2.33. The van der Waals surface area contributed by atoms with Crippen molar-refractivity contribution in [3.8, 4) is 11.5 Å². The van der Waals surface area contributed by atoms with Gasteiger partial charge in [-0.15, -0.1) is 0 Å². The summed E-state index contributed by atoms with van der Waals surface area (Å²) in [7, 11) is -0.880. The van der Waals surface area contributed by atoms with Gasteiger partial charge in [0.05, 0.1) is 14.2 Å². The molecule has 1 amide bonds. The van der Waals surface area contributed by atoms with Crippen molar-refractivity contribution in [2.75, 3.05) is 40.4 Å². The van der Waals surface area contributed by atoms with Crippen LogP contribution in [-0.4, -0.2) is 63.9 Å². The van der Waals surface area contributed by atoms with Gasteiger partial charge in [-0.1, -0.05) is 60.7 Å². The average molecular weight is 495 g/mol. The second-order valence-corrected chi connectivity index (χ2v) is 10.3. The number of hydrogen-bond donors (Lipinski definition) is 0. The molecule has 1 aliphatic rings. The second kappa shape index (κ2) is 10.9. The summed E-state index contributed by atoms with van der Waals surface area (Å²) in [6.45, 7) is 1.10. The fourth-order valence-electron chi connectivity index (χ4n) is 4.41. The van der Waals surface area contributed by atoms with Crippen LogP contribution in [0.4, 0.5) is 0 Å². The van der Waals surface area contributed by atoms with Crippen molar-refractivity contribution in [1.82, 2.24) is 9.21 Å². The molecule has 7 nitrogen and oxygen atoms in total. The predicted octanol–water partition coefficient (Wildman–Crippen LogP) is 3.76. The first-order chi connectivity index (χ1) is 16.9. The molecule has 0 N–H and O–H groups in total. The summed E-state index contributed by atoms with van der Waals surface area (Å²) in [5, 5.41) is 0. The highest BCUT2D eigenvalue weighted by Crippen LogP contribution is 2.32. The minimum absolute atomic E-state index is 0.0127. The molecule has 0 bridgehead atoms. The Morgan fingerprint density at radius 3 is 1.91 bits per heavy atom. The molecular weight excluding hydrogens is 464 g/mol. The Morgan fingerprint density at radius 2 is 1.40 bits per heavy atom. The van der Waals surface area contributed by atoms with Crippen LogP contribution in [0.2, 0.25) is 0 Å². The van der Waals surface area contributed by atoms with E-state index in [1.807, 2.05) is 60.7 Å². The molecule has 35 heavy (non-hydrogen) atoms. The maximum absolute atomic E-state index is 13.3. The molecule has 0 atom stereocenters. The van der Waals surface area contributed by atoms with E-state index in [1.54, 1.807) is 17.0 Å². The number of hydrogen-bond acceptors (Lipinski definition) is 5. The Morgan fingerprint density at radius 1 is 0.829 bits per heavy atom. The Hall–Kier alpha value is -3.36. The number of piperazine rings is 1. The van der Waals surface area contributed by atoms with Crippen LogP contribution in [0.1, 0.15) is 23.5 Å². The number of benzene rings is 3. The fraction of sp³-hybridized carbons (Fsp3) is 0.296. The van der Waals surface area contributed by atoms with Crippen LogP contribution >= 0.6 is 0 Å². The fourth-order valence-corrected chi connectivity index (χ4v) is 6.00. The van der Waals surface area contributed by atoms with Gasteiger partial charge in [0.25, 0.3) is 0 Å². The molecule has 0 aliphatic carbocycles. The van der Waals surface area contributed by atoms with Crippen LogP contribution in [0.3, 0.4) is 0 Å². The minimum atomic E-state index is -3.81. The van der Waals surface area contributed by atoms with Gasteiger partial charge in [-0.05, 0) is 23.3 Å². The highest BCUT2D eigenvalue weighted by molar-refractivity contribution is 7.89. The summed E-state index contributed by atoms with van der Waals surface area (Å²) < 4.78 is 38.6. The maximum Gasteiger partial charge on any atom is 0.247 e. The largest absolute Gasteiger partial charge is 0.497 e. The van der Waals surface area contributed by atoms with Crippen molar-refractivity contribution in [1.29, 1.82) is 0 Å². The minimum Gasteiger partial charge on any atom is -0.497 e. The smallest absolute Gasteiger partial charge is 0.247 e. The van der Waals surface area contributed by atoms with Gasteiger partial charge in [-0.3, -0.25) is 4.79 Å². The third-order valence-electron chi connectivity index (χ3n) is 6.36. The van der Waals surface area contributed by atoms with Gasteiger partial charge >= 0.3 is 0 Å². The molecule has 4 rings (SSSR count).